The standard InChI is InChI=1S/C24H20ClF2N3O/c1-2-20(29-24(31)16-9-12-18(26)19(27)13-16)23-28-21-5-3-4-6-22(21)30(23)14-15-7-10-17(25)11-8-15/h3-13,20H,2,14H2,1H3,(H,29,31). The third kappa shape index (κ3) is 4.44. The SMILES string of the molecule is CCC(NC(=O)c1ccc(F)c(F)c1)c1nc2ccccc2n1Cc1ccc(Cl)cc1. The van der Waals surface area contributed by atoms with Crippen LogP contribution in [0.25, 0.3) is 11.0 Å². The highest BCUT2D eigenvalue weighted by atomic mass is 35.5. The Labute approximate surface area is 183 Å². The van der Waals surface area contributed by atoms with Gasteiger partial charge < -0.3 is 9.88 Å². The van der Waals surface area contributed by atoms with Gasteiger partial charge in [-0.15, -0.1) is 0 Å². The number of carbonyl (C=O) groups excluding carboxylic acids is 1. The molecule has 0 aliphatic heterocycles. The number of fused-ring (bicyclic) bond motifs is 1. The summed E-state index contributed by atoms with van der Waals surface area (Å²) >= 11 is 6.01. The van der Waals surface area contributed by atoms with Gasteiger partial charge in [0.25, 0.3) is 5.91 Å². The average Bonchev–Trinajstić information content (AvgIpc) is 3.13. The van der Waals surface area contributed by atoms with E-state index in [1.165, 1.54) is 6.07 Å². The average molecular weight is 440 g/mol. The minimum atomic E-state index is -1.06. The van der Waals surface area contributed by atoms with Crippen molar-refractivity contribution in [2.75, 3.05) is 0 Å². The van der Waals surface area contributed by atoms with Gasteiger partial charge in [0, 0.05) is 17.1 Å². The van der Waals surface area contributed by atoms with Crippen LogP contribution in [-0.4, -0.2) is 15.5 Å². The molecule has 158 valence electrons. The molecular formula is C24H20ClF2N3O. The summed E-state index contributed by atoms with van der Waals surface area (Å²) in [5.74, 6) is -1.85. The van der Waals surface area contributed by atoms with E-state index >= 15 is 0 Å². The van der Waals surface area contributed by atoms with E-state index in [1.54, 1.807) is 0 Å². The summed E-state index contributed by atoms with van der Waals surface area (Å²) in [6, 6.07) is 18.0. The van der Waals surface area contributed by atoms with Gasteiger partial charge in [0.2, 0.25) is 0 Å². The van der Waals surface area contributed by atoms with Crippen LogP contribution in [0.3, 0.4) is 0 Å². The van der Waals surface area contributed by atoms with Crippen molar-refractivity contribution in [1.29, 1.82) is 0 Å². The molecule has 1 aromatic heterocycles. The van der Waals surface area contributed by atoms with Crippen molar-refractivity contribution < 1.29 is 13.6 Å². The Morgan fingerprint density at radius 1 is 1.06 bits per heavy atom. The first-order valence-electron chi connectivity index (χ1n) is 9.91. The van der Waals surface area contributed by atoms with Crippen LogP contribution >= 0.6 is 11.6 Å². The number of amides is 1. The third-order valence-corrected chi connectivity index (χ3v) is 5.40. The van der Waals surface area contributed by atoms with Crippen molar-refractivity contribution in [1.82, 2.24) is 14.9 Å². The molecule has 0 aliphatic carbocycles. The molecule has 1 unspecified atom stereocenters. The van der Waals surface area contributed by atoms with Gasteiger partial charge in [-0.25, -0.2) is 13.8 Å². The quantitative estimate of drug-likeness (QED) is 0.406. The summed E-state index contributed by atoms with van der Waals surface area (Å²) < 4.78 is 28.9. The number of para-hydroxylation sites is 2. The van der Waals surface area contributed by atoms with Gasteiger partial charge in [-0.3, -0.25) is 4.79 Å². The Morgan fingerprint density at radius 2 is 1.81 bits per heavy atom. The van der Waals surface area contributed by atoms with Crippen molar-refractivity contribution >= 4 is 28.5 Å². The van der Waals surface area contributed by atoms with Gasteiger partial charge in [0.1, 0.15) is 5.82 Å². The highest BCUT2D eigenvalue weighted by Crippen LogP contribution is 2.25. The monoisotopic (exact) mass is 439 g/mol. The molecule has 7 heteroatoms. The third-order valence-electron chi connectivity index (χ3n) is 5.15. The van der Waals surface area contributed by atoms with Gasteiger partial charge in [-0.1, -0.05) is 42.8 Å². The van der Waals surface area contributed by atoms with Crippen LogP contribution < -0.4 is 5.32 Å². The van der Waals surface area contributed by atoms with Gasteiger partial charge in [-0.2, -0.15) is 0 Å². The van der Waals surface area contributed by atoms with Gasteiger partial charge in [0.15, 0.2) is 11.6 Å². The highest BCUT2D eigenvalue weighted by molar-refractivity contribution is 6.30. The lowest BCUT2D eigenvalue weighted by molar-refractivity contribution is 0.0932. The molecule has 1 heterocycles. The summed E-state index contributed by atoms with van der Waals surface area (Å²) in [5.41, 5.74) is 2.84. The number of rotatable bonds is 6. The van der Waals surface area contributed by atoms with E-state index in [-0.39, 0.29) is 5.56 Å². The summed E-state index contributed by atoms with van der Waals surface area (Å²) in [7, 11) is 0. The molecule has 0 saturated heterocycles. The zero-order valence-electron chi connectivity index (χ0n) is 16.8. The van der Waals surface area contributed by atoms with Crippen molar-refractivity contribution in [2.24, 2.45) is 0 Å². The Hall–Kier alpha value is -3.25. The van der Waals surface area contributed by atoms with E-state index in [1.807, 2.05) is 55.5 Å². The summed E-state index contributed by atoms with van der Waals surface area (Å²) in [6.07, 6.45) is 0.569. The molecule has 3 aromatic carbocycles. The van der Waals surface area contributed by atoms with Crippen LogP contribution in [0.1, 0.15) is 41.1 Å². The van der Waals surface area contributed by atoms with Crippen molar-refractivity contribution in [3.05, 3.63) is 100 Å². The maximum Gasteiger partial charge on any atom is 0.251 e. The molecule has 0 radical (unpaired) electrons. The molecule has 4 rings (SSSR count). The minimum Gasteiger partial charge on any atom is -0.342 e. The van der Waals surface area contributed by atoms with E-state index in [2.05, 4.69) is 9.88 Å². The van der Waals surface area contributed by atoms with Crippen LogP contribution in [0.15, 0.2) is 66.7 Å². The maximum atomic E-state index is 13.6. The van der Waals surface area contributed by atoms with Crippen LogP contribution in [-0.2, 0) is 6.54 Å². The zero-order valence-corrected chi connectivity index (χ0v) is 17.5. The second-order valence-corrected chi connectivity index (χ2v) is 7.67. The molecule has 1 N–H and O–H groups in total. The fraction of sp³-hybridized carbons (Fsp3) is 0.167. The second kappa shape index (κ2) is 8.86. The number of hydrogen-bond acceptors (Lipinski definition) is 2. The fourth-order valence-corrected chi connectivity index (χ4v) is 3.65. The number of hydrogen-bond donors (Lipinski definition) is 1. The number of imidazole rings is 1. The van der Waals surface area contributed by atoms with Gasteiger partial charge in [-0.05, 0) is 54.4 Å². The Kier molecular flexibility index (Phi) is 6.00. The van der Waals surface area contributed by atoms with Crippen LogP contribution in [0.5, 0.6) is 0 Å². The number of nitrogens with one attached hydrogen (secondary N) is 1. The molecule has 0 spiro atoms. The number of carbonyl (C=O) groups is 1. The van der Waals surface area contributed by atoms with E-state index in [4.69, 9.17) is 16.6 Å². The molecular weight excluding hydrogens is 420 g/mol. The molecule has 0 aliphatic rings. The van der Waals surface area contributed by atoms with E-state index < -0.39 is 23.6 Å². The molecule has 31 heavy (non-hydrogen) atoms. The molecule has 1 amide bonds. The maximum absolute atomic E-state index is 13.6. The molecule has 4 nitrogen and oxygen atoms in total. The predicted octanol–water partition coefficient (Wildman–Crippen LogP) is 5.90. The lowest BCUT2D eigenvalue weighted by Crippen LogP contribution is -2.30. The van der Waals surface area contributed by atoms with Crippen LogP contribution in [0.2, 0.25) is 5.02 Å². The second-order valence-electron chi connectivity index (χ2n) is 7.23. The summed E-state index contributed by atoms with van der Waals surface area (Å²) in [4.78, 5) is 17.5. The van der Waals surface area contributed by atoms with Crippen LogP contribution in [0.4, 0.5) is 8.78 Å². The molecule has 0 saturated carbocycles. The largest absolute Gasteiger partial charge is 0.342 e. The number of halogens is 3. The van der Waals surface area contributed by atoms with E-state index in [0.717, 1.165) is 28.7 Å². The lowest BCUT2D eigenvalue weighted by Gasteiger charge is -2.19. The predicted molar refractivity (Wildman–Crippen MR) is 117 cm³/mol. The Bertz CT molecular complexity index is 1240. The van der Waals surface area contributed by atoms with E-state index in [0.29, 0.717) is 23.8 Å². The molecule has 0 bridgehead atoms. The van der Waals surface area contributed by atoms with E-state index in [9.17, 15) is 13.6 Å². The lowest BCUT2D eigenvalue weighted by atomic mass is 10.1. The number of nitrogens with zero attached hydrogens (tertiary/aromatic N) is 2. The van der Waals surface area contributed by atoms with Gasteiger partial charge in [0.05, 0.1) is 17.1 Å². The Balaban J connectivity index is 1.69. The first kappa shape index (κ1) is 21.0. The van der Waals surface area contributed by atoms with Crippen molar-refractivity contribution in [3.8, 4) is 0 Å². The smallest absolute Gasteiger partial charge is 0.251 e. The normalized spacial score (nSPS) is 12.1. The highest BCUT2D eigenvalue weighted by Gasteiger charge is 2.22. The van der Waals surface area contributed by atoms with Crippen LogP contribution in [0, 0.1) is 11.6 Å². The zero-order chi connectivity index (χ0) is 22.0. The molecule has 4 aromatic rings. The number of benzene rings is 3. The minimum absolute atomic E-state index is 0.0534. The summed E-state index contributed by atoms with van der Waals surface area (Å²) in [5, 5.41) is 3.57. The van der Waals surface area contributed by atoms with Crippen molar-refractivity contribution in [3.63, 3.8) is 0 Å². The van der Waals surface area contributed by atoms with Gasteiger partial charge >= 0.3 is 0 Å². The first-order valence-corrected chi connectivity index (χ1v) is 10.3. The fourth-order valence-electron chi connectivity index (χ4n) is 3.53. The molecule has 1 atom stereocenters. The van der Waals surface area contributed by atoms with Crippen molar-refractivity contribution in [2.45, 2.75) is 25.9 Å². The molecule has 0 fully saturated rings. The number of aromatic nitrogens is 2. The summed E-state index contributed by atoms with van der Waals surface area (Å²) in [6.45, 7) is 2.48. The first-order chi connectivity index (χ1) is 15.0. The topological polar surface area (TPSA) is 46.9 Å². The Morgan fingerprint density at radius 3 is 2.52 bits per heavy atom.